The lowest BCUT2D eigenvalue weighted by molar-refractivity contribution is 0.102. The molecule has 0 bridgehead atoms. The number of hydrogen-bond donors (Lipinski definition) is 1. The second kappa shape index (κ2) is 7.23. The van der Waals surface area contributed by atoms with Crippen LogP contribution < -0.4 is 10.2 Å². The van der Waals surface area contributed by atoms with E-state index in [1.165, 1.54) is 0 Å². The number of anilines is 2. The van der Waals surface area contributed by atoms with E-state index in [1.54, 1.807) is 6.20 Å². The van der Waals surface area contributed by atoms with Gasteiger partial charge in [-0.1, -0.05) is 20.8 Å². The summed E-state index contributed by atoms with van der Waals surface area (Å²) < 4.78 is 5.37. The van der Waals surface area contributed by atoms with E-state index in [0.29, 0.717) is 5.56 Å². The lowest BCUT2D eigenvalue weighted by Gasteiger charge is -2.28. The number of rotatable bonds is 3. The minimum Gasteiger partial charge on any atom is -0.378 e. The normalized spacial score (nSPS) is 15.1. The van der Waals surface area contributed by atoms with Crippen molar-refractivity contribution in [2.24, 2.45) is 0 Å². The number of amides is 1. The van der Waals surface area contributed by atoms with Crippen LogP contribution in [0.3, 0.4) is 0 Å². The van der Waals surface area contributed by atoms with Crippen LogP contribution in [0.4, 0.5) is 11.4 Å². The zero-order chi connectivity index (χ0) is 17.9. The van der Waals surface area contributed by atoms with Crippen molar-refractivity contribution >= 4 is 17.3 Å². The number of ether oxygens (including phenoxy) is 1. The molecule has 132 valence electrons. The summed E-state index contributed by atoms with van der Waals surface area (Å²) in [5.74, 6) is -0.146. The molecule has 0 radical (unpaired) electrons. The summed E-state index contributed by atoms with van der Waals surface area (Å²) in [5.41, 5.74) is 3.44. The largest absolute Gasteiger partial charge is 0.378 e. The highest BCUT2D eigenvalue weighted by atomic mass is 16.5. The monoisotopic (exact) mass is 339 g/mol. The fourth-order valence-electron chi connectivity index (χ4n) is 2.75. The van der Waals surface area contributed by atoms with Gasteiger partial charge in [0.15, 0.2) is 0 Å². The van der Waals surface area contributed by atoms with Crippen LogP contribution in [-0.4, -0.2) is 37.2 Å². The van der Waals surface area contributed by atoms with E-state index in [1.807, 2.05) is 36.4 Å². The SMILES string of the molecule is CC(C)(C)c1ccc(C(=O)Nc2ccc(N3CCOCC3)cc2)cn1. The Labute approximate surface area is 149 Å². The Morgan fingerprint density at radius 2 is 1.76 bits per heavy atom. The lowest BCUT2D eigenvalue weighted by atomic mass is 9.91. The molecule has 1 N–H and O–H groups in total. The molecule has 1 aromatic carbocycles. The molecule has 1 aliphatic rings. The summed E-state index contributed by atoms with van der Waals surface area (Å²) in [6.07, 6.45) is 1.64. The van der Waals surface area contributed by atoms with E-state index in [-0.39, 0.29) is 11.3 Å². The van der Waals surface area contributed by atoms with E-state index in [4.69, 9.17) is 4.74 Å². The molecule has 1 aliphatic heterocycles. The van der Waals surface area contributed by atoms with E-state index in [0.717, 1.165) is 43.4 Å². The molecule has 25 heavy (non-hydrogen) atoms. The first kappa shape index (κ1) is 17.4. The maximum absolute atomic E-state index is 12.4. The van der Waals surface area contributed by atoms with Gasteiger partial charge in [-0.2, -0.15) is 0 Å². The van der Waals surface area contributed by atoms with E-state index in [9.17, 15) is 4.79 Å². The first-order chi connectivity index (χ1) is 11.9. The maximum Gasteiger partial charge on any atom is 0.257 e. The van der Waals surface area contributed by atoms with Crippen molar-refractivity contribution in [2.45, 2.75) is 26.2 Å². The van der Waals surface area contributed by atoms with Crippen LogP contribution in [0.15, 0.2) is 42.6 Å². The van der Waals surface area contributed by atoms with Crippen LogP contribution in [0.5, 0.6) is 0 Å². The van der Waals surface area contributed by atoms with Crippen LogP contribution in [0.25, 0.3) is 0 Å². The van der Waals surface area contributed by atoms with Gasteiger partial charge in [0, 0.05) is 41.8 Å². The summed E-state index contributed by atoms with van der Waals surface area (Å²) in [6.45, 7) is 9.63. The minimum atomic E-state index is -0.146. The molecule has 5 nitrogen and oxygen atoms in total. The average Bonchev–Trinajstić information content (AvgIpc) is 2.62. The van der Waals surface area contributed by atoms with Gasteiger partial charge in [0.25, 0.3) is 5.91 Å². The molecule has 0 spiro atoms. The van der Waals surface area contributed by atoms with Crippen molar-refractivity contribution in [1.82, 2.24) is 4.98 Å². The smallest absolute Gasteiger partial charge is 0.257 e. The number of hydrogen-bond acceptors (Lipinski definition) is 4. The average molecular weight is 339 g/mol. The molecule has 0 aliphatic carbocycles. The van der Waals surface area contributed by atoms with E-state index in [2.05, 4.69) is 36.0 Å². The van der Waals surface area contributed by atoms with Crippen molar-refractivity contribution in [3.05, 3.63) is 53.9 Å². The van der Waals surface area contributed by atoms with Crippen molar-refractivity contribution in [1.29, 1.82) is 0 Å². The number of carbonyl (C=O) groups is 1. The highest BCUT2D eigenvalue weighted by molar-refractivity contribution is 6.04. The summed E-state index contributed by atoms with van der Waals surface area (Å²) >= 11 is 0. The van der Waals surface area contributed by atoms with Crippen LogP contribution >= 0.6 is 0 Å². The molecule has 1 aromatic heterocycles. The molecule has 0 atom stereocenters. The molecular weight excluding hydrogens is 314 g/mol. The Bertz CT molecular complexity index is 712. The third-order valence-electron chi connectivity index (χ3n) is 4.30. The van der Waals surface area contributed by atoms with Crippen molar-refractivity contribution in [3.63, 3.8) is 0 Å². The first-order valence-corrected chi connectivity index (χ1v) is 8.64. The van der Waals surface area contributed by atoms with Crippen molar-refractivity contribution in [2.75, 3.05) is 36.5 Å². The number of carbonyl (C=O) groups excluding carboxylic acids is 1. The molecule has 3 rings (SSSR count). The fourth-order valence-corrected chi connectivity index (χ4v) is 2.75. The standard InChI is InChI=1S/C20H25N3O2/c1-20(2,3)18-9-4-15(14-21-18)19(24)22-16-5-7-17(8-6-16)23-10-12-25-13-11-23/h4-9,14H,10-13H2,1-3H3,(H,22,24). The topological polar surface area (TPSA) is 54.5 Å². The number of aromatic nitrogens is 1. The van der Waals surface area contributed by atoms with Gasteiger partial charge in [0.05, 0.1) is 18.8 Å². The predicted molar refractivity (Wildman–Crippen MR) is 100 cm³/mol. The Balaban J connectivity index is 1.64. The molecular formula is C20H25N3O2. The third kappa shape index (κ3) is 4.37. The molecule has 0 saturated carbocycles. The van der Waals surface area contributed by atoms with Gasteiger partial charge in [-0.3, -0.25) is 9.78 Å². The van der Waals surface area contributed by atoms with Gasteiger partial charge < -0.3 is 15.0 Å². The molecule has 2 aromatic rings. The predicted octanol–water partition coefficient (Wildman–Crippen LogP) is 3.47. The van der Waals surface area contributed by atoms with Crippen LogP contribution in [0.2, 0.25) is 0 Å². The van der Waals surface area contributed by atoms with Gasteiger partial charge in [-0.05, 0) is 36.4 Å². The lowest BCUT2D eigenvalue weighted by Crippen LogP contribution is -2.36. The number of benzene rings is 1. The number of pyridine rings is 1. The summed E-state index contributed by atoms with van der Waals surface area (Å²) in [6, 6.07) is 11.7. The highest BCUT2D eigenvalue weighted by Crippen LogP contribution is 2.21. The number of nitrogens with zero attached hydrogens (tertiary/aromatic N) is 2. The zero-order valence-electron chi connectivity index (χ0n) is 15.1. The van der Waals surface area contributed by atoms with E-state index >= 15 is 0 Å². The molecule has 1 saturated heterocycles. The summed E-state index contributed by atoms with van der Waals surface area (Å²) in [5, 5.41) is 2.92. The second-order valence-corrected chi connectivity index (χ2v) is 7.28. The molecule has 1 amide bonds. The second-order valence-electron chi connectivity index (χ2n) is 7.28. The number of nitrogens with one attached hydrogen (secondary N) is 1. The molecule has 0 unspecified atom stereocenters. The van der Waals surface area contributed by atoms with Crippen molar-refractivity contribution in [3.8, 4) is 0 Å². The summed E-state index contributed by atoms with van der Waals surface area (Å²) in [7, 11) is 0. The van der Waals surface area contributed by atoms with Gasteiger partial charge >= 0.3 is 0 Å². The minimum absolute atomic E-state index is 0.0235. The van der Waals surface area contributed by atoms with Gasteiger partial charge in [-0.15, -0.1) is 0 Å². The van der Waals surface area contributed by atoms with Gasteiger partial charge in [0.2, 0.25) is 0 Å². The van der Waals surface area contributed by atoms with Gasteiger partial charge in [-0.25, -0.2) is 0 Å². The molecule has 1 fully saturated rings. The molecule has 2 heterocycles. The Morgan fingerprint density at radius 1 is 1.08 bits per heavy atom. The Hall–Kier alpha value is -2.40. The van der Waals surface area contributed by atoms with Crippen molar-refractivity contribution < 1.29 is 9.53 Å². The Kier molecular flexibility index (Phi) is 5.04. The van der Waals surface area contributed by atoms with Crippen LogP contribution in [-0.2, 0) is 10.2 Å². The zero-order valence-corrected chi connectivity index (χ0v) is 15.1. The van der Waals surface area contributed by atoms with Crippen LogP contribution in [0, 0.1) is 0 Å². The van der Waals surface area contributed by atoms with Crippen LogP contribution in [0.1, 0.15) is 36.8 Å². The Morgan fingerprint density at radius 3 is 2.32 bits per heavy atom. The third-order valence-corrected chi connectivity index (χ3v) is 4.30. The number of morpholine rings is 1. The fraction of sp³-hybridized carbons (Fsp3) is 0.400. The quantitative estimate of drug-likeness (QED) is 0.930. The maximum atomic E-state index is 12.4. The van der Waals surface area contributed by atoms with Gasteiger partial charge in [0.1, 0.15) is 0 Å². The summed E-state index contributed by atoms with van der Waals surface area (Å²) in [4.78, 5) is 19.1. The van der Waals surface area contributed by atoms with E-state index < -0.39 is 0 Å². The first-order valence-electron chi connectivity index (χ1n) is 8.64. The highest BCUT2D eigenvalue weighted by Gasteiger charge is 2.16. The molecule has 5 heteroatoms.